The second-order valence-electron chi connectivity index (χ2n) is 6.80. The van der Waals surface area contributed by atoms with Crippen molar-refractivity contribution >= 4 is 11.4 Å². The molecule has 0 saturated heterocycles. The van der Waals surface area contributed by atoms with E-state index in [1.807, 2.05) is 0 Å². The van der Waals surface area contributed by atoms with Gasteiger partial charge in [0.25, 0.3) is 0 Å². The fourth-order valence-corrected chi connectivity index (χ4v) is 3.01. The Morgan fingerprint density at radius 3 is 1.45 bits per heavy atom. The van der Waals surface area contributed by atoms with E-state index in [1.165, 1.54) is 19.9 Å². The van der Waals surface area contributed by atoms with Gasteiger partial charge in [-0.1, -0.05) is 6.07 Å². The molecule has 0 atom stereocenters. The summed E-state index contributed by atoms with van der Waals surface area (Å²) in [4.78, 5) is 3.06. The third-order valence-corrected chi connectivity index (χ3v) is 4.56. The van der Waals surface area contributed by atoms with Crippen LogP contribution >= 0.6 is 0 Å². The molecule has 0 fully saturated rings. The molecule has 1 N–H and O–H groups in total. The van der Waals surface area contributed by atoms with Gasteiger partial charge in [-0.2, -0.15) is 0 Å². The van der Waals surface area contributed by atoms with Gasteiger partial charge in [-0.05, 0) is 31.0 Å². The van der Waals surface area contributed by atoms with Gasteiger partial charge < -0.3 is 5.11 Å². The number of nitrogens with zero attached hydrogens (tertiary/aromatic N) is 1. The highest BCUT2D eigenvalue weighted by Crippen LogP contribution is 2.35. The quantitative estimate of drug-likeness (QED) is 0.195. The number of phenols is 1. The number of halogens is 10. The first-order chi connectivity index (χ1) is 15.3. The van der Waals surface area contributed by atoms with Gasteiger partial charge in [-0.25, -0.2) is 48.9 Å². The van der Waals surface area contributed by atoms with Crippen LogP contribution in [0.1, 0.15) is 22.3 Å². The van der Waals surface area contributed by atoms with Crippen molar-refractivity contribution in [1.29, 1.82) is 0 Å². The molecule has 33 heavy (non-hydrogen) atoms. The zero-order valence-electron chi connectivity index (χ0n) is 16.3. The second kappa shape index (κ2) is 8.41. The Bertz CT molecular complexity index is 1290. The molecule has 3 rings (SSSR count). The first-order valence-electron chi connectivity index (χ1n) is 8.72. The SMILES string of the molecule is Cc1cc(C)c(O)c(C(=Nc2c(F)c(F)c(F)c(F)c2F)c2c(F)c(F)c(F)c(F)c2F)c1. The summed E-state index contributed by atoms with van der Waals surface area (Å²) in [7, 11) is 0. The number of aliphatic imine (C=N–C) groups is 1. The molecular formula is C21H9F10NO. The monoisotopic (exact) mass is 481 g/mol. The fraction of sp³-hybridized carbons (Fsp3) is 0.0952. The molecule has 0 amide bonds. The normalized spacial score (nSPS) is 11.9. The Morgan fingerprint density at radius 2 is 1.00 bits per heavy atom. The van der Waals surface area contributed by atoms with Gasteiger partial charge in [0, 0.05) is 5.56 Å². The number of rotatable bonds is 3. The van der Waals surface area contributed by atoms with Crippen LogP contribution in [0.4, 0.5) is 49.6 Å². The minimum atomic E-state index is -2.58. The van der Waals surface area contributed by atoms with E-state index >= 15 is 0 Å². The molecule has 0 aromatic heterocycles. The van der Waals surface area contributed by atoms with Crippen molar-refractivity contribution in [2.24, 2.45) is 4.99 Å². The summed E-state index contributed by atoms with van der Waals surface area (Å²) in [5, 5.41) is 10.3. The van der Waals surface area contributed by atoms with Gasteiger partial charge in [0.05, 0.1) is 11.3 Å². The van der Waals surface area contributed by atoms with Gasteiger partial charge in [-0.15, -0.1) is 0 Å². The number of aryl methyl sites for hydroxylation is 2. The third kappa shape index (κ3) is 3.79. The van der Waals surface area contributed by atoms with Crippen LogP contribution < -0.4 is 0 Å². The molecule has 3 aromatic rings. The van der Waals surface area contributed by atoms with Crippen LogP contribution in [0.2, 0.25) is 0 Å². The summed E-state index contributed by atoms with van der Waals surface area (Å²) in [5.74, 6) is -26.1. The first kappa shape index (κ1) is 24.1. The molecule has 0 saturated carbocycles. The minimum Gasteiger partial charge on any atom is -0.507 e. The number of hydrogen-bond acceptors (Lipinski definition) is 2. The van der Waals surface area contributed by atoms with Gasteiger partial charge in [0.2, 0.25) is 11.6 Å². The van der Waals surface area contributed by atoms with Gasteiger partial charge in [0.15, 0.2) is 46.5 Å². The molecule has 174 valence electrons. The van der Waals surface area contributed by atoms with Gasteiger partial charge >= 0.3 is 0 Å². The summed E-state index contributed by atoms with van der Waals surface area (Å²) >= 11 is 0. The van der Waals surface area contributed by atoms with Crippen LogP contribution in [0.3, 0.4) is 0 Å². The van der Waals surface area contributed by atoms with E-state index in [2.05, 4.69) is 4.99 Å². The van der Waals surface area contributed by atoms with E-state index in [-0.39, 0.29) is 11.1 Å². The third-order valence-electron chi connectivity index (χ3n) is 4.56. The second-order valence-corrected chi connectivity index (χ2v) is 6.80. The lowest BCUT2D eigenvalue weighted by atomic mass is 9.95. The number of benzene rings is 3. The average molecular weight is 481 g/mol. The molecule has 0 aliphatic heterocycles. The van der Waals surface area contributed by atoms with Crippen molar-refractivity contribution in [2.75, 3.05) is 0 Å². The topological polar surface area (TPSA) is 32.6 Å². The lowest BCUT2D eigenvalue weighted by molar-refractivity contribution is 0.376. The molecule has 2 nitrogen and oxygen atoms in total. The standard InChI is InChI=1S/C21H9F10NO/c1-5-3-6(2)21(33)7(4-5)19(8-9(22)11(24)13(26)12(25)10(8)23)32-20-17(30)15(28)14(27)16(29)18(20)31/h3-4,33H,1-2H3. The van der Waals surface area contributed by atoms with E-state index in [0.29, 0.717) is 0 Å². The average Bonchev–Trinajstić information content (AvgIpc) is 2.77. The smallest absolute Gasteiger partial charge is 0.200 e. The molecule has 3 aromatic carbocycles. The van der Waals surface area contributed by atoms with Crippen molar-refractivity contribution < 1.29 is 49.0 Å². The minimum absolute atomic E-state index is 0.0287. The highest BCUT2D eigenvalue weighted by atomic mass is 19.2. The van der Waals surface area contributed by atoms with Gasteiger partial charge in [-0.3, -0.25) is 0 Å². The van der Waals surface area contributed by atoms with E-state index < -0.39 is 86.4 Å². The first-order valence-corrected chi connectivity index (χ1v) is 8.72. The maximum Gasteiger partial charge on any atom is 0.200 e. The molecule has 0 radical (unpaired) electrons. The predicted octanol–water partition coefficient (Wildman–Crippen LogP) is 6.57. The Labute approximate surface area is 178 Å². The summed E-state index contributed by atoms with van der Waals surface area (Å²) < 4.78 is 139. The molecule has 12 heteroatoms. The van der Waals surface area contributed by atoms with Crippen molar-refractivity contribution in [1.82, 2.24) is 0 Å². The summed E-state index contributed by atoms with van der Waals surface area (Å²) in [5.41, 5.74) is -5.94. The lowest BCUT2D eigenvalue weighted by Crippen LogP contribution is -2.16. The molecular weight excluding hydrogens is 472 g/mol. The van der Waals surface area contributed by atoms with Crippen LogP contribution in [0.25, 0.3) is 0 Å². The van der Waals surface area contributed by atoms with Crippen molar-refractivity contribution in [3.05, 3.63) is 92.6 Å². The highest BCUT2D eigenvalue weighted by molar-refractivity contribution is 6.16. The van der Waals surface area contributed by atoms with Crippen molar-refractivity contribution in [3.63, 3.8) is 0 Å². The number of aromatic hydroxyl groups is 1. The van der Waals surface area contributed by atoms with E-state index in [9.17, 15) is 49.0 Å². The molecule has 0 bridgehead atoms. The predicted molar refractivity (Wildman–Crippen MR) is 95.3 cm³/mol. The summed E-state index contributed by atoms with van der Waals surface area (Å²) in [6, 6.07) is 2.21. The number of phenolic OH excluding ortho intramolecular Hbond substituents is 1. The number of hydrogen-bond donors (Lipinski definition) is 1. The Hall–Kier alpha value is -3.57. The Kier molecular flexibility index (Phi) is 6.14. The zero-order valence-corrected chi connectivity index (χ0v) is 16.3. The van der Waals surface area contributed by atoms with Crippen LogP contribution in [0.15, 0.2) is 17.1 Å². The van der Waals surface area contributed by atoms with Crippen LogP contribution in [-0.4, -0.2) is 10.8 Å². The van der Waals surface area contributed by atoms with Crippen LogP contribution in [-0.2, 0) is 0 Å². The van der Waals surface area contributed by atoms with E-state index in [4.69, 9.17) is 0 Å². The molecule has 0 spiro atoms. The largest absolute Gasteiger partial charge is 0.507 e. The molecule has 0 aliphatic rings. The lowest BCUT2D eigenvalue weighted by Gasteiger charge is -2.15. The van der Waals surface area contributed by atoms with Crippen LogP contribution in [0, 0.1) is 72.0 Å². The highest BCUT2D eigenvalue weighted by Gasteiger charge is 2.32. The van der Waals surface area contributed by atoms with Crippen molar-refractivity contribution in [3.8, 4) is 5.75 Å². The Balaban J connectivity index is 2.57. The summed E-state index contributed by atoms with van der Waals surface area (Å²) in [6.07, 6.45) is 0. The molecule has 0 heterocycles. The fourth-order valence-electron chi connectivity index (χ4n) is 3.01. The van der Waals surface area contributed by atoms with E-state index in [1.54, 1.807) is 0 Å². The van der Waals surface area contributed by atoms with Gasteiger partial charge in [0.1, 0.15) is 11.4 Å². The summed E-state index contributed by atoms with van der Waals surface area (Å²) in [6.45, 7) is 2.62. The molecule has 0 aliphatic carbocycles. The van der Waals surface area contributed by atoms with E-state index in [0.717, 1.165) is 6.07 Å². The molecule has 0 unspecified atom stereocenters. The van der Waals surface area contributed by atoms with Crippen molar-refractivity contribution in [2.45, 2.75) is 13.8 Å². The van der Waals surface area contributed by atoms with Crippen LogP contribution in [0.5, 0.6) is 5.75 Å². The maximum atomic E-state index is 14.5. The zero-order chi connectivity index (χ0) is 24.9. The maximum absolute atomic E-state index is 14.5. The Morgan fingerprint density at radius 1 is 0.606 bits per heavy atom.